The number of ether oxygens (including phenoxy) is 5. The van der Waals surface area contributed by atoms with Gasteiger partial charge in [-0.1, -0.05) is 138 Å². The molecule has 6 aromatic carbocycles. The van der Waals surface area contributed by atoms with Gasteiger partial charge in [0.15, 0.2) is 0 Å². The Morgan fingerprint density at radius 1 is 0.469 bits per heavy atom. The summed E-state index contributed by atoms with van der Waals surface area (Å²) >= 11 is 3.30. The lowest BCUT2D eigenvalue weighted by Crippen LogP contribution is -2.51. The molecule has 4 aliphatic heterocycles. The lowest BCUT2D eigenvalue weighted by atomic mass is 9.98. The maximum Gasteiger partial charge on any atom is 0.411 e. The quantitative estimate of drug-likeness (QED) is 0.0240. The second-order valence-corrected chi connectivity index (χ2v) is 37.9. The lowest BCUT2D eigenvalue weighted by molar-refractivity contribution is -0.141. The van der Waals surface area contributed by atoms with Crippen LogP contribution >= 0.6 is 23.5 Å². The van der Waals surface area contributed by atoms with Crippen LogP contribution in [0.2, 0.25) is 0 Å². The first-order valence-electron chi connectivity index (χ1n) is 43.5. The van der Waals surface area contributed by atoms with Gasteiger partial charge in [-0.15, -0.1) is 23.5 Å². The first-order chi connectivity index (χ1) is 61.4. The number of thioether (sulfide) groups is 2. The third-order valence-electron chi connectivity index (χ3n) is 24.5. The molecular formula is C95H114N16O15S2. The number of carboxylic acid groups (broad SMARTS) is 1. The highest BCUT2D eigenvalue weighted by Crippen LogP contribution is 2.60. The second kappa shape index (κ2) is 39.6. The molecule has 0 bridgehead atoms. The van der Waals surface area contributed by atoms with Crippen LogP contribution in [0.5, 0.6) is 0 Å². The van der Waals surface area contributed by atoms with E-state index in [-0.39, 0.29) is 75.2 Å². The number of methoxy groups -OCH3 is 4. The van der Waals surface area contributed by atoms with Crippen molar-refractivity contribution >= 4 is 99.0 Å². The number of aliphatic carboxylic acids is 1. The monoisotopic (exact) mass is 1780 g/mol. The Morgan fingerprint density at radius 2 is 0.836 bits per heavy atom. The summed E-state index contributed by atoms with van der Waals surface area (Å²) < 4.78 is 25.2. The van der Waals surface area contributed by atoms with Gasteiger partial charge in [-0.2, -0.15) is 0 Å². The zero-order valence-electron chi connectivity index (χ0n) is 74.5. The van der Waals surface area contributed by atoms with Gasteiger partial charge in [0, 0.05) is 75.9 Å². The molecular weight excluding hydrogens is 1670 g/mol. The molecule has 31 nitrogen and oxygen atoms in total. The van der Waals surface area contributed by atoms with E-state index < -0.39 is 54.0 Å². The van der Waals surface area contributed by atoms with Crippen LogP contribution < -0.4 is 21.3 Å². The van der Waals surface area contributed by atoms with E-state index in [2.05, 4.69) is 172 Å². The summed E-state index contributed by atoms with van der Waals surface area (Å²) in [6.45, 7) is 19.3. The molecule has 2 spiro atoms. The predicted octanol–water partition coefficient (Wildman–Crippen LogP) is 16.1. The number of alkyl carbamates (subject to hydrolysis) is 3. The number of nitrogens with zero attached hydrogens (tertiary/aromatic N) is 8. The number of carbonyl (C=O) groups is 9. The molecule has 128 heavy (non-hydrogen) atoms. The van der Waals surface area contributed by atoms with E-state index in [1.165, 1.54) is 28.3 Å². The number of fused-ring (bicyclic) bond motifs is 2. The molecule has 6 aliphatic rings. The highest BCUT2D eigenvalue weighted by atomic mass is 32.2. The van der Waals surface area contributed by atoms with Crippen molar-refractivity contribution in [3.63, 3.8) is 0 Å². The van der Waals surface area contributed by atoms with Gasteiger partial charge in [0.1, 0.15) is 63.8 Å². The number of likely N-dealkylation sites (tertiary alicyclic amines) is 2. The number of aromatic nitrogens is 8. The Bertz CT molecular complexity index is 5700. The van der Waals surface area contributed by atoms with Crippen LogP contribution in [0.3, 0.4) is 0 Å². The number of H-pyrrole nitrogens is 4. The second-order valence-electron chi connectivity index (χ2n) is 35.5. The molecule has 10 aromatic rings. The molecule has 676 valence electrons. The fraction of sp³-hybridized carbons (Fsp3) is 0.442. The molecule has 16 rings (SSSR count). The molecule has 6 fully saturated rings. The number of imidazole rings is 4. The van der Waals surface area contributed by atoms with Crippen LogP contribution in [-0.2, 0) is 47.7 Å². The maximum atomic E-state index is 13.9. The Hall–Kier alpha value is -12.2. The largest absolute Gasteiger partial charge is 0.480 e. The minimum absolute atomic E-state index is 0.0968. The van der Waals surface area contributed by atoms with Crippen LogP contribution in [0.15, 0.2) is 146 Å². The number of nitrogens with one attached hydrogen (secondary N) is 8. The molecule has 2 aliphatic carbocycles. The molecule has 9 N–H and O–H groups in total. The Morgan fingerprint density at radius 3 is 1.22 bits per heavy atom. The van der Waals surface area contributed by atoms with E-state index in [1.807, 2.05) is 83.8 Å². The Balaban J connectivity index is 0.000000186. The summed E-state index contributed by atoms with van der Waals surface area (Å²) in [5.74, 6) is 2.61. The average Bonchev–Trinajstić information content (AvgIpc) is 1.58. The molecule has 4 aromatic heterocycles. The average molecular weight is 1780 g/mol. The van der Waals surface area contributed by atoms with Crippen LogP contribution in [0.25, 0.3) is 88.8 Å². The Kier molecular flexibility index (Phi) is 28.4. The zero-order valence-corrected chi connectivity index (χ0v) is 76.1. The van der Waals surface area contributed by atoms with Crippen LogP contribution in [0.4, 0.5) is 19.2 Å². The van der Waals surface area contributed by atoms with Crippen molar-refractivity contribution < 1.29 is 71.9 Å². The summed E-state index contributed by atoms with van der Waals surface area (Å²) in [5.41, 5.74) is 11.6. The van der Waals surface area contributed by atoms with E-state index >= 15 is 0 Å². The first kappa shape index (κ1) is 92.0. The van der Waals surface area contributed by atoms with Gasteiger partial charge in [0.25, 0.3) is 0 Å². The van der Waals surface area contributed by atoms with E-state index in [4.69, 9.17) is 38.8 Å². The highest BCUT2D eigenvalue weighted by Gasteiger charge is 2.57. The molecule has 2 saturated carbocycles. The van der Waals surface area contributed by atoms with Gasteiger partial charge >= 0.3 is 30.3 Å². The normalized spacial score (nSPS) is 18.6. The maximum absolute atomic E-state index is 13.9. The number of aromatic amines is 4. The van der Waals surface area contributed by atoms with Crippen molar-refractivity contribution in [2.45, 2.75) is 173 Å². The number of carboxylic acids is 1. The highest BCUT2D eigenvalue weighted by molar-refractivity contribution is 8.00. The first-order valence-corrected chi connectivity index (χ1v) is 45.6. The zero-order chi connectivity index (χ0) is 91.0. The van der Waals surface area contributed by atoms with Crippen molar-refractivity contribution in [2.24, 2.45) is 22.7 Å². The number of benzene rings is 6. The van der Waals surface area contributed by atoms with Crippen molar-refractivity contribution in [3.8, 4) is 67.3 Å². The molecule has 8 amide bonds. The van der Waals surface area contributed by atoms with Crippen LogP contribution in [-0.4, -0.2) is 221 Å². The summed E-state index contributed by atoms with van der Waals surface area (Å²) in [4.78, 5) is 151. The van der Waals surface area contributed by atoms with Gasteiger partial charge in [0.2, 0.25) is 23.6 Å². The SMILES string of the molecule is CCC[C@H](NC(C)=O)C(=O)O.COC(=O)N[C@H](C(=O)N1CC2(CC2)C[C@H]1c1ncc(-c2ccc3cc(-c4ccc(-c5cnc([C@@H]6SCCN6C(=O)OC(C)(C)C)[nH]5)cc4)ccc3c2)[nH]1)C(C)C.COCC[C@H](NC(=O)OC)C(=O)N1CCS[C@H]1c1ncc(-c2ccc(-c3ccc4cc(-c5cnc([C@@H]6CC7(CC7)CN6C(=O)[C@@H](NC(=O)OC)C(C)C)[nH]5)ccc4c3)cc2)[nH]1. The third-order valence-corrected chi connectivity index (χ3v) is 26.9. The van der Waals surface area contributed by atoms with E-state index in [1.54, 1.807) is 46.6 Å². The number of hydrogen-bond donors (Lipinski definition) is 9. The van der Waals surface area contributed by atoms with Crippen LogP contribution in [0, 0.1) is 22.7 Å². The Labute approximate surface area is 752 Å². The molecule has 8 atom stereocenters. The fourth-order valence-corrected chi connectivity index (χ4v) is 19.5. The van der Waals surface area contributed by atoms with Gasteiger partial charge < -0.3 is 84.7 Å². The van der Waals surface area contributed by atoms with Crippen molar-refractivity contribution in [1.29, 1.82) is 0 Å². The minimum Gasteiger partial charge on any atom is -0.480 e. The predicted molar refractivity (Wildman–Crippen MR) is 490 cm³/mol. The van der Waals surface area contributed by atoms with E-state index in [0.29, 0.717) is 51.5 Å². The summed E-state index contributed by atoms with van der Waals surface area (Å²) in [5, 5.41) is 22.9. The number of rotatable bonds is 25. The minimum atomic E-state index is -0.970. The summed E-state index contributed by atoms with van der Waals surface area (Å²) in [6.07, 6.45) is 12.7. The molecule has 4 saturated heterocycles. The van der Waals surface area contributed by atoms with E-state index in [9.17, 15) is 43.2 Å². The molecule has 0 unspecified atom stereocenters. The number of amides is 8. The standard InChI is InChI=1S/C45H52N8O7S.C43H49N7O5S.C7H13NO3/c1-26(2)37(51-44(57)60-5)41(55)53-25-45(15-16-45)22-36(53)38-46-24-35(48-38)32-13-12-30-20-29(10-11-31(30)21-32)27-6-8-28(9-7-27)34-23-47-39(49-34)42-52(17-19-61-42)40(54)33(14-18-58-3)50-43(56)59-4;1-25(2)35(48-40(52)54-6)38(51)50-24-43(15-16-43)21-34(50)36-44-23-33(46-36)31-14-13-29-19-28(11-12-30(29)20-31)26-7-9-27(10-8-26)32-22-45-37(47-32)39-49(17-18-56-39)41(53)55-42(3,4)5;1-3-4-6(7(10)11)8-5(2)9/h6-13,20-21,23-24,26,33,36-37,42H,14-19,22,25H2,1-5H3,(H,46,48)(H,47,49)(H,50,56)(H,51,57);7-14,19-20,22-23,25,34-35,39H,15-18,21,24H2,1-6H3,(H,44,46)(H,45,47)(H,48,52);6H,3-4H2,1-2H3,(H,8,9)(H,10,11)/t33-,36-,37-,42-;34-,35-,39-;6-/m000/s1. The smallest absolute Gasteiger partial charge is 0.411 e. The fourth-order valence-electron chi connectivity index (χ4n) is 17.1. The van der Waals surface area contributed by atoms with Gasteiger partial charge in [-0.3, -0.25) is 24.1 Å². The lowest BCUT2D eigenvalue weighted by Gasteiger charge is -2.30. The topological polar surface area (TPSA) is 396 Å². The summed E-state index contributed by atoms with van der Waals surface area (Å²) in [6, 6.07) is 39.1. The van der Waals surface area contributed by atoms with Gasteiger partial charge in [0.05, 0.1) is 81.0 Å². The van der Waals surface area contributed by atoms with Crippen LogP contribution in [0.1, 0.15) is 166 Å². The van der Waals surface area contributed by atoms with Crippen molar-refractivity contribution in [1.82, 2.24) is 80.7 Å². The summed E-state index contributed by atoms with van der Waals surface area (Å²) in [7, 11) is 5.44. The number of carbonyl (C=O) groups excluding carboxylic acids is 8. The molecule has 33 heteroatoms. The van der Waals surface area contributed by atoms with E-state index in [0.717, 1.165) is 163 Å². The molecule has 0 radical (unpaired) electrons. The van der Waals surface area contributed by atoms with Crippen molar-refractivity contribution in [2.75, 3.05) is 72.7 Å². The van der Waals surface area contributed by atoms with Crippen molar-refractivity contribution in [3.05, 3.63) is 169 Å². The van der Waals surface area contributed by atoms with Gasteiger partial charge in [-0.25, -0.2) is 43.9 Å². The third kappa shape index (κ3) is 21.4. The number of hydrogen-bond acceptors (Lipinski definition) is 20. The van der Waals surface area contributed by atoms with Gasteiger partial charge in [-0.05, 0) is 168 Å². The molecule has 8 heterocycles.